The number of carbonyl (C=O) groups is 1. The molecule has 0 saturated carbocycles. The highest BCUT2D eigenvalue weighted by molar-refractivity contribution is 5.85. The number of aromatic carboxylic acids is 1. The molecule has 6 nitrogen and oxygen atoms in total. The van der Waals surface area contributed by atoms with Gasteiger partial charge in [0.1, 0.15) is 5.82 Å². The van der Waals surface area contributed by atoms with Crippen LogP contribution in [0.3, 0.4) is 0 Å². The lowest BCUT2D eigenvalue weighted by Gasteiger charge is -2.21. The highest BCUT2D eigenvalue weighted by Gasteiger charge is 2.15. The third-order valence-electron chi connectivity index (χ3n) is 2.98. The van der Waals surface area contributed by atoms with E-state index in [1.165, 1.54) is 19.0 Å². The van der Waals surface area contributed by atoms with Crippen LogP contribution in [0.25, 0.3) is 0 Å². The van der Waals surface area contributed by atoms with E-state index in [1.54, 1.807) is 6.20 Å². The summed E-state index contributed by atoms with van der Waals surface area (Å²) >= 11 is 0. The Kier molecular flexibility index (Phi) is 4.09. The fraction of sp³-hybridized carbons (Fsp3) is 0.583. The molecule has 2 rings (SSSR count). The number of anilines is 1. The summed E-state index contributed by atoms with van der Waals surface area (Å²) in [4.78, 5) is 21.0. The second kappa shape index (κ2) is 5.77. The molecular weight excluding hydrogens is 232 g/mol. The maximum absolute atomic E-state index is 10.8. The molecule has 18 heavy (non-hydrogen) atoms. The summed E-state index contributed by atoms with van der Waals surface area (Å²) in [7, 11) is 0. The molecule has 1 aromatic heterocycles. The SMILES string of the molecule is CC(CN1CCCC1)Nc1cncc(C(=O)O)n1. The Hall–Kier alpha value is -1.69. The van der Waals surface area contributed by atoms with Crippen LogP contribution in [-0.2, 0) is 0 Å². The van der Waals surface area contributed by atoms with Gasteiger partial charge in [0.25, 0.3) is 0 Å². The number of nitrogens with zero attached hydrogens (tertiary/aromatic N) is 3. The molecule has 1 aliphatic heterocycles. The van der Waals surface area contributed by atoms with E-state index in [2.05, 4.69) is 27.1 Å². The van der Waals surface area contributed by atoms with Crippen LogP contribution in [0.2, 0.25) is 0 Å². The smallest absolute Gasteiger partial charge is 0.356 e. The van der Waals surface area contributed by atoms with E-state index in [9.17, 15) is 4.79 Å². The Balaban J connectivity index is 1.91. The number of nitrogens with one attached hydrogen (secondary N) is 1. The van der Waals surface area contributed by atoms with Gasteiger partial charge in [-0.2, -0.15) is 0 Å². The lowest BCUT2D eigenvalue weighted by molar-refractivity contribution is 0.0690. The topological polar surface area (TPSA) is 78.4 Å². The molecule has 0 spiro atoms. The summed E-state index contributed by atoms with van der Waals surface area (Å²) in [6.45, 7) is 5.30. The molecule has 0 bridgehead atoms. The van der Waals surface area contributed by atoms with Crippen molar-refractivity contribution >= 4 is 11.8 Å². The van der Waals surface area contributed by atoms with Gasteiger partial charge in [0, 0.05) is 12.6 Å². The number of rotatable bonds is 5. The average molecular weight is 250 g/mol. The molecule has 1 aromatic rings. The van der Waals surface area contributed by atoms with Crippen LogP contribution < -0.4 is 5.32 Å². The lowest BCUT2D eigenvalue weighted by atomic mass is 10.3. The molecule has 0 aromatic carbocycles. The Morgan fingerprint density at radius 1 is 1.50 bits per heavy atom. The number of aromatic nitrogens is 2. The maximum Gasteiger partial charge on any atom is 0.356 e. The Morgan fingerprint density at radius 2 is 2.22 bits per heavy atom. The summed E-state index contributed by atoms with van der Waals surface area (Å²) in [6, 6.07) is 0.224. The highest BCUT2D eigenvalue weighted by Crippen LogP contribution is 2.10. The van der Waals surface area contributed by atoms with E-state index in [-0.39, 0.29) is 11.7 Å². The number of likely N-dealkylation sites (tertiary alicyclic amines) is 1. The predicted molar refractivity (Wildman–Crippen MR) is 67.8 cm³/mol. The molecule has 98 valence electrons. The van der Waals surface area contributed by atoms with Crippen molar-refractivity contribution in [3.8, 4) is 0 Å². The number of hydrogen-bond donors (Lipinski definition) is 2. The van der Waals surface area contributed by atoms with Crippen molar-refractivity contribution in [1.82, 2.24) is 14.9 Å². The summed E-state index contributed by atoms with van der Waals surface area (Å²) in [6.07, 6.45) is 5.33. The molecule has 1 saturated heterocycles. The molecule has 0 amide bonds. The summed E-state index contributed by atoms with van der Waals surface area (Å²) in [5.74, 6) is -0.542. The molecule has 0 aliphatic carbocycles. The van der Waals surface area contributed by atoms with Gasteiger partial charge in [-0.25, -0.2) is 9.78 Å². The predicted octanol–water partition coefficient (Wildman–Crippen LogP) is 1.07. The third kappa shape index (κ3) is 3.40. The first-order chi connectivity index (χ1) is 8.65. The van der Waals surface area contributed by atoms with Gasteiger partial charge in [0.15, 0.2) is 5.69 Å². The molecule has 1 atom stereocenters. The van der Waals surface area contributed by atoms with Crippen molar-refractivity contribution in [2.45, 2.75) is 25.8 Å². The van der Waals surface area contributed by atoms with Gasteiger partial charge in [-0.05, 0) is 32.9 Å². The second-order valence-corrected chi connectivity index (χ2v) is 4.65. The minimum atomic E-state index is -1.06. The third-order valence-corrected chi connectivity index (χ3v) is 2.98. The van der Waals surface area contributed by atoms with Crippen molar-refractivity contribution in [2.24, 2.45) is 0 Å². The van der Waals surface area contributed by atoms with Crippen molar-refractivity contribution in [1.29, 1.82) is 0 Å². The van der Waals surface area contributed by atoms with Crippen LogP contribution in [-0.4, -0.2) is 51.6 Å². The van der Waals surface area contributed by atoms with Gasteiger partial charge in [-0.15, -0.1) is 0 Å². The van der Waals surface area contributed by atoms with Gasteiger partial charge in [-0.1, -0.05) is 0 Å². The van der Waals surface area contributed by atoms with Gasteiger partial charge >= 0.3 is 5.97 Å². The van der Waals surface area contributed by atoms with E-state index in [1.807, 2.05) is 0 Å². The summed E-state index contributed by atoms with van der Waals surface area (Å²) in [5.41, 5.74) is -0.0339. The van der Waals surface area contributed by atoms with Crippen LogP contribution in [0.15, 0.2) is 12.4 Å². The van der Waals surface area contributed by atoms with Crippen LogP contribution >= 0.6 is 0 Å². The van der Waals surface area contributed by atoms with Gasteiger partial charge in [-0.3, -0.25) is 4.98 Å². The van der Waals surface area contributed by atoms with Gasteiger partial charge in [0.2, 0.25) is 0 Å². The summed E-state index contributed by atoms with van der Waals surface area (Å²) in [5, 5.41) is 12.0. The zero-order chi connectivity index (χ0) is 13.0. The fourth-order valence-corrected chi connectivity index (χ4v) is 2.19. The molecule has 1 aliphatic rings. The number of carboxylic acid groups (broad SMARTS) is 1. The maximum atomic E-state index is 10.8. The molecule has 2 N–H and O–H groups in total. The fourth-order valence-electron chi connectivity index (χ4n) is 2.19. The first kappa shape index (κ1) is 12.8. The quantitative estimate of drug-likeness (QED) is 0.814. The number of hydrogen-bond acceptors (Lipinski definition) is 5. The first-order valence-electron chi connectivity index (χ1n) is 6.19. The van der Waals surface area contributed by atoms with Crippen molar-refractivity contribution in [3.05, 3.63) is 18.1 Å². The van der Waals surface area contributed by atoms with E-state index in [0.29, 0.717) is 5.82 Å². The molecular formula is C12H18N4O2. The minimum absolute atomic E-state index is 0.0339. The number of carboxylic acids is 1. The lowest BCUT2D eigenvalue weighted by Crippen LogP contribution is -2.33. The standard InChI is InChI=1S/C12H18N4O2/c1-9(8-16-4-2-3-5-16)14-11-7-13-6-10(15-11)12(17)18/h6-7,9H,2-5,8H2,1H3,(H,14,15)(H,17,18). The van der Waals surface area contributed by atoms with Crippen molar-refractivity contribution in [3.63, 3.8) is 0 Å². The first-order valence-corrected chi connectivity index (χ1v) is 6.19. The zero-order valence-electron chi connectivity index (χ0n) is 10.5. The normalized spacial score (nSPS) is 17.6. The van der Waals surface area contributed by atoms with Crippen LogP contribution in [0.5, 0.6) is 0 Å². The molecule has 1 fully saturated rings. The van der Waals surface area contributed by atoms with Crippen molar-refractivity contribution in [2.75, 3.05) is 25.0 Å². The van der Waals surface area contributed by atoms with E-state index in [4.69, 9.17) is 5.11 Å². The highest BCUT2D eigenvalue weighted by atomic mass is 16.4. The molecule has 2 heterocycles. The van der Waals surface area contributed by atoms with Crippen molar-refractivity contribution < 1.29 is 9.90 Å². The summed E-state index contributed by atoms with van der Waals surface area (Å²) < 4.78 is 0. The Morgan fingerprint density at radius 3 is 2.89 bits per heavy atom. The Bertz CT molecular complexity index is 418. The van der Waals surface area contributed by atoms with Crippen LogP contribution in [0.1, 0.15) is 30.3 Å². The molecule has 1 unspecified atom stereocenters. The van der Waals surface area contributed by atoms with E-state index >= 15 is 0 Å². The monoisotopic (exact) mass is 250 g/mol. The molecule has 6 heteroatoms. The van der Waals surface area contributed by atoms with E-state index < -0.39 is 5.97 Å². The van der Waals surface area contributed by atoms with Gasteiger partial charge < -0.3 is 15.3 Å². The average Bonchev–Trinajstić information content (AvgIpc) is 2.82. The Labute approximate surface area is 106 Å². The largest absolute Gasteiger partial charge is 0.476 e. The van der Waals surface area contributed by atoms with Gasteiger partial charge in [0.05, 0.1) is 12.4 Å². The second-order valence-electron chi connectivity index (χ2n) is 4.65. The van der Waals surface area contributed by atoms with E-state index in [0.717, 1.165) is 19.6 Å². The zero-order valence-corrected chi connectivity index (χ0v) is 10.5. The van der Waals surface area contributed by atoms with Crippen LogP contribution in [0.4, 0.5) is 5.82 Å². The minimum Gasteiger partial charge on any atom is -0.476 e. The molecule has 0 radical (unpaired) electrons. The van der Waals surface area contributed by atoms with Crippen LogP contribution in [0, 0.1) is 0 Å².